The summed E-state index contributed by atoms with van der Waals surface area (Å²) in [6.07, 6.45) is 3.91. The van der Waals surface area contributed by atoms with Gasteiger partial charge in [0.15, 0.2) is 0 Å². The molecule has 0 radical (unpaired) electrons. The molecule has 19 heavy (non-hydrogen) atoms. The molecule has 0 saturated heterocycles. The van der Waals surface area contributed by atoms with Crippen LogP contribution >= 0.6 is 11.3 Å². The van der Waals surface area contributed by atoms with Crippen molar-refractivity contribution in [3.05, 3.63) is 29.3 Å². The van der Waals surface area contributed by atoms with Crippen molar-refractivity contribution in [1.29, 1.82) is 0 Å². The molecule has 0 atom stereocenters. The Morgan fingerprint density at radius 2 is 2.11 bits per heavy atom. The van der Waals surface area contributed by atoms with Gasteiger partial charge in [-0.05, 0) is 18.6 Å². The summed E-state index contributed by atoms with van der Waals surface area (Å²) in [6.45, 7) is 2.76. The lowest BCUT2D eigenvalue weighted by Gasteiger charge is -2.15. The van der Waals surface area contributed by atoms with Crippen LogP contribution in [0, 0.1) is 0 Å². The standard InChI is InChI=1S/C15H20N2OS/c1-3-4-5-10-15(18)17(2)11-14-16-12-8-6-7-9-13(12)19-14/h6-9H,3-5,10-11H2,1-2H3. The molecule has 1 aromatic carbocycles. The van der Waals surface area contributed by atoms with Crippen molar-refractivity contribution in [3.63, 3.8) is 0 Å². The maximum absolute atomic E-state index is 11.9. The van der Waals surface area contributed by atoms with E-state index in [0.717, 1.165) is 29.8 Å². The minimum Gasteiger partial charge on any atom is -0.339 e. The number of amides is 1. The summed E-state index contributed by atoms with van der Waals surface area (Å²) in [5.41, 5.74) is 1.02. The van der Waals surface area contributed by atoms with Gasteiger partial charge in [-0.2, -0.15) is 0 Å². The number of thiazole rings is 1. The first-order chi connectivity index (χ1) is 9.20. The average molecular weight is 276 g/mol. The first-order valence-electron chi connectivity index (χ1n) is 6.79. The van der Waals surface area contributed by atoms with Gasteiger partial charge in [0.1, 0.15) is 5.01 Å². The van der Waals surface area contributed by atoms with Crippen LogP contribution in [0.5, 0.6) is 0 Å². The second-order valence-electron chi connectivity index (χ2n) is 4.78. The monoisotopic (exact) mass is 276 g/mol. The minimum absolute atomic E-state index is 0.215. The maximum atomic E-state index is 11.9. The molecule has 1 amide bonds. The fourth-order valence-corrected chi connectivity index (χ4v) is 3.02. The molecule has 0 aliphatic carbocycles. The Morgan fingerprint density at radius 1 is 1.32 bits per heavy atom. The zero-order chi connectivity index (χ0) is 13.7. The molecule has 2 rings (SSSR count). The van der Waals surface area contributed by atoms with E-state index in [1.807, 2.05) is 25.2 Å². The van der Waals surface area contributed by atoms with Gasteiger partial charge in [-0.15, -0.1) is 11.3 Å². The van der Waals surface area contributed by atoms with Gasteiger partial charge in [0.05, 0.1) is 16.8 Å². The number of carbonyl (C=O) groups excluding carboxylic acids is 1. The van der Waals surface area contributed by atoms with Crippen molar-refractivity contribution in [2.75, 3.05) is 7.05 Å². The number of fused-ring (bicyclic) bond motifs is 1. The maximum Gasteiger partial charge on any atom is 0.222 e. The van der Waals surface area contributed by atoms with E-state index in [4.69, 9.17) is 0 Å². The van der Waals surface area contributed by atoms with Crippen LogP contribution in [-0.4, -0.2) is 22.8 Å². The highest BCUT2D eigenvalue weighted by Crippen LogP contribution is 2.22. The van der Waals surface area contributed by atoms with Gasteiger partial charge in [-0.25, -0.2) is 4.98 Å². The molecule has 0 spiro atoms. The number of nitrogens with zero attached hydrogens (tertiary/aromatic N) is 2. The van der Waals surface area contributed by atoms with Gasteiger partial charge in [0, 0.05) is 13.5 Å². The summed E-state index contributed by atoms with van der Waals surface area (Å²) in [4.78, 5) is 18.3. The van der Waals surface area contributed by atoms with E-state index in [0.29, 0.717) is 13.0 Å². The highest BCUT2D eigenvalue weighted by molar-refractivity contribution is 7.18. The second kappa shape index (κ2) is 6.66. The molecule has 0 bridgehead atoms. The third kappa shape index (κ3) is 3.77. The molecule has 0 aliphatic heterocycles. The van der Waals surface area contributed by atoms with E-state index in [2.05, 4.69) is 18.0 Å². The zero-order valence-corrected chi connectivity index (χ0v) is 12.4. The molecule has 102 valence electrons. The van der Waals surface area contributed by atoms with Gasteiger partial charge < -0.3 is 4.90 Å². The van der Waals surface area contributed by atoms with Crippen molar-refractivity contribution in [3.8, 4) is 0 Å². The predicted octanol–water partition coefficient (Wildman–Crippen LogP) is 3.84. The lowest BCUT2D eigenvalue weighted by molar-refractivity contribution is -0.130. The molecular formula is C15H20N2OS. The number of para-hydroxylation sites is 1. The molecule has 0 fully saturated rings. The van der Waals surface area contributed by atoms with Crippen LogP contribution in [0.4, 0.5) is 0 Å². The molecule has 0 N–H and O–H groups in total. The third-order valence-corrected chi connectivity index (χ3v) is 4.15. The minimum atomic E-state index is 0.215. The van der Waals surface area contributed by atoms with Gasteiger partial charge in [0.2, 0.25) is 5.91 Å². The Morgan fingerprint density at radius 3 is 2.84 bits per heavy atom. The first kappa shape index (κ1) is 14.0. The zero-order valence-electron chi connectivity index (χ0n) is 11.6. The predicted molar refractivity (Wildman–Crippen MR) is 80.2 cm³/mol. The summed E-state index contributed by atoms with van der Waals surface area (Å²) < 4.78 is 1.18. The van der Waals surface area contributed by atoms with Crippen LogP contribution in [0.2, 0.25) is 0 Å². The number of unbranched alkanes of at least 4 members (excludes halogenated alkanes) is 2. The largest absolute Gasteiger partial charge is 0.339 e. The molecule has 1 aromatic heterocycles. The summed E-state index contributed by atoms with van der Waals surface area (Å²) in [5.74, 6) is 0.215. The summed E-state index contributed by atoms with van der Waals surface area (Å²) in [5, 5.41) is 1.01. The highest BCUT2D eigenvalue weighted by Gasteiger charge is 2.11. The molecule has 0 saturated carbocycles. The Kier molecular flexibility index (Phi) is 4.91. The number of benzene rings is 1. The Balaban J connectivity index is 1.94. The number of carbonyl (C=O) groups is 1. The average Bonchev–Trinajstić information content (AvgIpc) is 2.80. The fourth-order valence-electron chi connectivity index (χ4n) is 2.00. The van der Waals surface area contributed by atoms with E-state index in [1.54, 1.807) is 16.2 Å². The quantitative estimate of drug-likeness (QED) is 0.751. The van der Waals surface area contributed by atoms with Crippen molar-refractivity contribution in [1.82, 2.24) is 9.88 Å². The van der Waals surface area contributed by atoms with E-state index < -0.39 is 0 Å². The first-order valence-corrected chi connectivity index (χ1v) is 7.60. The topological polar surface area (TPSA) is 33.2 Å². The summed E-state index contributed by atoms with van der Waals surface area (Å²) >= 11 is 1.67. The fraction of sp³-hybridized carbons (Fsp3) is 0.467. The van der Waals surface area contributed by atoms with Crippen molar-refractivity contribution in [2.24, 2.45) is 0 Å². The molecule has 4 heteroatoms. The van der Waals surface area contributed by atoms with Gasteiger partial charge in [-0.3, -0.25) is 4.79 Å². The molecule has 2 aromatic rings. The van der Waals surface area contributed by atoms with Crippen LogP contribution < -0.4 is 0 Å². The number of aromatic nitrogens is 1. The molecule has 0 unspecified atom stereocenters. The third-order valence-electron chi connectivity index (χ3n) is 3.13. The van der Waals surface area contributed by atoms with Crippen LogP contribution in [0.3, 0.4) is 0 Å². The molecular weight excluding hydrogens is 256 g/mol. The van der Waals surface area contributed by atoms with Crippen LogP contribution in [-0.2, 0) is 11.3 Å². The Labute approximate surface area is 118 Å². The smallest absolute Gasteiger partial charge is 0.222 e. The van der Waals surface area contributed by atoms with E-state index in [9.17, 15) is 4.79 Å². The second-order valence-corrected chi connectivity index (χ2v) is 5.90. The molecule has 0 aliphatic rings. The van der Waals surface area contributed by atoms with E-state index in [-0.39, 0.29) is 5.91 Å². The molecule has 3 nitrogen and oxygen atoms in total. The summed E-state index contributed by atoms with van der Waals surface area (Å²) in [6, 6.07) is 8.09. The van der Waals surface area contributed by atoms with Crippen molar-refractivity contribution >= 4 is 27.5 Å². The Bertz CT molecular complexity index is 517. The van der Waals surface area contributed by atoms with Crippen LogP contribution in [0.25, 0.3) is 10.2 Å². The highest BCUT2D eigenvalue weighted by atomic mass is 32.1. The summed E-state index contributed by atoms with van der Waals surface area (Å²) in [7, 11) is 1.86. The SMILES string of the molecule is CCCCCC(=O)N(C)Cc1nc2ccccc2s1. The van der Waals surface area contributed by atoms with Gasteiger partial charge >= 0.3 is 0 Å². The van der Waals surface area contributed by atoms with Crippen LogP contribution in [0.1, 0.15) is 37.6 Å². The lowest BCUT2D eigenvalue weighted by atomic mass is 10.2. The van der Waals surface area contributed by atoms with Crippen LogP contribution in [0.15, 0.2) is 24.3 Å². The van der Waals surface area contributed by atoms with Crippen molar-refractivity contribution < 1.29 is 4.79 Å². The Hall–Kier alpha value is -1.42. The molecule has 1 heterocycles. The van der Waals surface area contributed by atoms with Gasteiger partial charge in [-0.1, -0.05) is 31.9 Å². The number of hydrogen-bond donors (Lipinski definition) is 0. The number of hydrogen-bond acceptors (Lipinski definition) is 3. The van der Waals surface area contributed by atoms with Gasteiger partial charge in [0.25, 0.3) is 0 Å². The normalized spacial score (nSPS) is 10.8. The van der Waals surface area contributed by atoms with E-state index in [1.165, 1.54) is 4.70 Å². The van der Waals surface area contributed by atoms with Crippen molar-refractivity contribution in [2.45, 2.75) is 39.2 Å². The number of rotatable bonds is 6. The van der Waals surface area contributed by atoms with E-state index >= 15 is 0 Å². The lowest BCUT2D eigenvalue weighted by Crippen LogP contribution is -2.25.